The summed E-state index contributed by atoms with van der Waals surface area (Å²) in [5.74, 6) is 0.880. The summed E-state index contributed by atoms with van der Waals surface area (Å²) in [6.07, 6.45) is 4.63. The highest BCUT2D eigenvalue weighted by Crippen LogP contribution is 2.21. The van der Waals surface area contributed by atoms with Gasteiger partial charge < -0.3 is 10.5 Å². The molecule has 1 atom stereocenters. The minimum Gasteiger partial charge on any atom is -0.476 e. The monoisotopic (exact) mass is 278 g/mol. The Labute approximate surface area is 121 Å². The van der Waals surface area contributed by atoms with Gasteiger partial charge in [0.2, 0.25) is 5.88 Å². The average molecular weight is 278 g/mol. The van der Waals surface area contributed by atoms with Gasteiger partial charge in [-0.15, -0.1) is 5.10 Å². The van der Waals surface area contributed by atoms with Crippen LogP contribution in [0.1, 0.15) is 56.4 Å². The molecule has 112 valence electrons. The SMILES string of the molecule is CCCCC(CC)COc1nnc(C)c(C)c1C(=N)N. The first-order chi connectivity index (χ1) is 9.51. The summed E-state index contributed by atoms with van der Waals surface area (Å²) in [6.45, 7) is 8.71. The third-order valence-corrected chi connectivity index (χ3v) is 3.69. The summed E-state index contributed by atoms with van der Waals surface area (Å²) in [5.41, 5.74) is 7.85. The number of hydrogen-bond acceptors (Lipinski definition) is 4. The number of nitrogens with one attached hydrogen (secondary N) is 1. The lowest BCUT2D eigenvalue weighted by molar-refractivity contribution is 0.223. The highest BCUT2D eigenvalue weighted by Gasteiger charge is 2.16. The number of aromatic nitrogens is 2. The molecule has 0 radical (unpaired) electrons. The van der Waals surface area contributed by atoms with Crippen molar-refractivity contribution in [2.24, 2.45) is 11.7 Å². The Morgan fingerprint density at radius 3 is 2.55 bits per heavy atom. The number of amidine groups is 1. The van der Waals surface area contributed by atoms with E-state index < -0.39 is 0 Å². The maximum atomic E-state index is 7.69. The van der Waals surface area contributed by atoms with E-state index in [1.807, 2.05) is 13.8 Å². The Bertz CT molecular complexity index is 459. The van der Waals surface area contributed by atoms with E-state index in [1.165, 1.54) is 12.8 Å². The molecule has 0 fully saturated rings. The molecule has 0 aliphatic rings. The maximum Gasteiger partial charge on any atom is 0.244 e. The molecule has 0 aromatic carbocycles. The van der Waals surface area contributed by atoms with Gasteiger partial charge in [0.05, 0.1) is 17.9 Å². The van der Waals surface area contributed by atoms with Crippen LogP contribution in [-0.2, 0) is 0 Å². The second-order valence-corrected chi connectivity index (χ2v) is 5.23. The van der Waals surface area contributed by atoms with Gasteiger partial charge in [0.25, 0.3) is 0 Å². The number of aryl methyl sites for hydroxylation is 1. The Morgan fingerprint density at radius 1 is 1.30 bits per heavy atom. The molecule has 0 bridgehead atoms. The van der Waals surface area contributed by atoms with E-state index in [1.54, 1.807) is 0 Å². The Kier molecular flexibility index (Phi) is 6.42. The first-order valence-corrected chi connectivity index (χ1v) is 7.32. The number of nitrogens with zero attached hydrogens (tertiary/aromatic N) is 2. The maximum absolute atomic E-state index is 7.69. The lowest BCUT2D eigenvalue weighted by Crippen LogP contribution is -2.20. The van der Waals surface area contributed by atoms with Crippen molar-refractivity contribution < 1.29 is 4.74 Å². The molecular formula is C15H26N4O. The quantitative estimate of drug-likeness (QED) is 0.565. The van der Waals surface area contributed by atoms with Crippen molar-refractivity contribution in [2.75, 3.05) is 6.61 Å². The number of hydrogen-bond donors (Lipinski definition) is 2. The van der Waals surface area contributed by atoms with E-state index in [2.05, 4.69) is 24.0 Å². The largest absolute Gasteiger partial charge is 0.476 e. The first kappa shape index (κ1) is 16.4. The smallest absolute Gasteiger partial charge is 0.244 e. The lowest BCUT2D eigenvalue weighted by atomic mass is 10.0. The van der Waals surface area contributed by atoms with Gasteiger partial charge in [-0.3, -0.25) is 5.41 Å². The predicted octanol–water partition coefficient (Wildman–Crippen LogP) is 2.97. The third-order valence-electron chi connectivity index (χ3n) is 3.69. The van der Waals surface area contributed by atoms with Crippen molar-refractivity contribution in [3.05, 3.63) is 16.8 Å². The van der Waals surface area contributed by atoms with Crippen molar-refractivity contribution >= 4 is 5.84 Å². The van der Waals surface area contributed by atoms with Crippen LogP contribution in [0.2, 0.25) is 0 Å². The molecule has 3 N–H and O–H groups in total. The van der Waals surface area contributed by atoms with Crippen LogP contribution >= 0.6 is 0 Å². The zero-order valence-electron chi connectivity index (χ0n) is 13.0. The first-order valence-electron chi connectivity index (χ1n) is 7.32. The molecule has 5 heteroatoms. The molecule has 1 rings (SSSR count). The van der Waals surface area contributed by atoms with Crippen molar-refractivity contribution in [3.63, 3.8) is 0 Å². The summed E-state index contributed by atoms with van der Waals surface area (Å²) in [7, 11) is 0. The lowest BCUT2D eigenvalue weighted by Gasteiger charge is -2.17. The van der Waals surface area contributed by atoms with Crippen LogP contribution in [-0.4, -0.2) is 22.6 Å². The predicted molar refractivity (Wildman–Crippen MR) is 81.3 cm³/mol. The van der Waals surface area contributed by atoms with Gasteiger partial charge in [-0.25, -0.2) is 0 Å². The van der Waals surface area contributed by atoms with Gasteiger partial charge in [0.1, 0.15) is 5.84 Å². The summed E-state index contributed by atoms with van der Waals surface area (Å²) in [5, 5.41) is 15.8. The van der Waals surface area contributed by atoms with Gasteiger partial charge in [0, 0.05) is 0 Å². The van der Waals surface area contributed by atoms with Crippen LogP contribution in [0.4, 0.5) is 0 Å². The molecule has 0 saturated heterocycles. The molecule has 1 heterocycles. The average Bonchev–Trinajstić information content (AvgIpc) is 2.42. The summed E-state index contributed by atoms with van der Waals surface area (Å²) in [4.78, 5) is 0. The molecule has 20 heavy (non-hydrogen) atoms. The second-order valence-electron chi connectivity index (χ2n) is 5.23. The van der Waals surface area contributed by atoms with E-state index >= 15 is 0 Å². The minimum absolute atomic E-state index is 0.0166. The van der Waals surface area contributed by atoms with Crippen molar-refractivity contribution in [2.45, 2.75) is 53.4 Å². The zero-order valence-corrected chi connectivity index (χ0v) is 13.0. The Balaban J connectivity index is 2.82. The van der Waals surface area contributed by atoms with E-state index in [0.29, 0.717) is 24.0 Å². The molecule has 0 amide bonds. The van der Waals surface area contributed by atoms with Gasteiger partial charge in [-0.2, -0.15) is 5.10 Å². The normalized spacial score (nSPS) is 12.2. The zero-order chi connectivity index (χ0) is 15.1. The Morgan fingerprint density at radius 2 is 2.00 bits per heavy atom. The fourth-order valence-electron chi connectivity index (χ4n) is 2.10. The molecule has 0 saturated carbocycles. The minimum atomic E-state index is -0.0166. The summed E-state index contributed by atoms with van der Waals surface area (Å²) in [6, 6.07) is 0. The van der Waals surface area contributed by atoms with E-state index in [4.69, 9.17) is 15.9 Å². The molecule has 0 aliphatic heterocycles. The van der Waals surface area contributed by atoms with E-state index in [0.717, 1.165) is 24.1 Å². The molecule has 0 spiro atoms. The van der Waals surface area contributed by atoms with E-state index in [-0.39, 0.29) is 5.84 Å². The molecular weight excluding hydrogens is 252 g/mol. The van der Waals surface area contributed by atoms with Crippen LogP contribution in [0.15, 0.2) is 0 Å². The van der Waals surface area contributed by atoms with E-state index in [9.17, 15) is 0 Å². The van der Waals surface area contributed by atoms with Crippen molar-refractivity contribution in [3.8, 4) is 5.88 Å². The van der Waals surface area contributed by atoms with Gasteiger partial charge in [-0.1, -0.05) is 33.1 Å². The number of ether oxygens (including phenoxy) is 1. The van der Waals surface area contributed by atoms with Gasteiger partial charge >= 0.3 is 0 Å². The molecule has 0 aliphatic carbocycles. The fourth-order valence-corrected chi connectivity index (χ4v) is 2.10. The topological polar surface area (TPSA) is 84.9 Å². The number of rotatable bonds is 8. The molecule has 5 nitrogen and oxygen atoms in total. The second kappa shape index (κ2) is 7.82. The standard InChI is InChI=1S/C15H26N4O/c1-5-7-8-12(6-2)9-20-15-13(14(16)17)10(3)11(4)18-19-15/h12H,5-9H2,1-4H3,(H3,16,17). The molecule has 1 aromatic heterocycles. The molecule has 1 unspecified atom stereocenters. The highest BCUT2D eigenvalue weighted by atomic mass is 16.5. The number of unbranched alkanes of at least 4 members (excludes halogenated alkanes) is 1. The van der Waals surface area contributed by atoms with Gasteiger partial charge in [0.15, 0.2) is 0 Å². The van der Waals surface area contributed by atoms with Crippen LogP contribution < -0.4 is 10.5 Å². The highest BCUT2D eigenvalue weighted by molar-refractivity contribution is 5.98. The van der Waals surface area contributed by atoms with Crippen molar-refractivity contribution in [1.29, 1.82) is 5.41 Å². The Hall–Kier alpha value is -1.65. The number of nitrogens with two attached hydrogens (primary N) is 1. The summed E-state index contributed by atoms with van der Waals surface area (Å²) >= 11 is 0. The summed E-state index contributed by atoms with van der Waals surface area (Å²) < 4.78 is 5.79. The molecule has 1 aromatic rings. The third kappa shape index (κ3) is 4.18. The van der Waals surface area contributed by atoms with Crippen LogP contribution in [0.5, 0.6) is 5.88 Å². The van der Waals surface area contributed by atoms with Crippen LogP contribution in [0, 0.1) is 25.2 Å². The number of nitrogen functional groups attached to an aromatic ring is 1. The van der Waals surface area contributed by atoms with Gasteiger partial charge in [-0.05, 0) is 31.7 Å². The van der Waals surface area contributed by atoms with Crippen LogP contribution in [0.3, 0.4) is 0 Å². The fraction of sp³-hybridized carbons (Fsp3) is 0.667. The van der Waals surface area contributed by atoms with Crippen molar-refractivity contribution in [1.82, 2.24) is 10.2 Å². The van der Waals surface area contributed by atoms with Crippen LogP contribution in [0.25, 0.3) is 0 Å².